The lowest BCUT2D eigenvalue weighted by atomic mass is 9.74. The van der Waals surface area contributed by atoms with Crippen molar-refractivity contribution in [3.05, 3.63) is 65.7 Å². The van der Waals surface area contributed by atoms with Gasteiger partial charge in [0.25, 0.3) is 0 Å². The van der Waals surface area contributed by atoms with Crippen LogP contribution in [0, 0.1) is 5.92 Å². The fourth-order valence-electron chi connectivity index (χ4n) is 4.86. The molecule has 1 amide bonds. The highest BCUT2D eigenvalue weighted by Crippen LogP contribution is 2.34. The maximum Gasteiger partial charge on any atom is 0.234 e. The number of phenols is 1. The molecule has 6 heteroatoms. The van der Waals surface area contributed by atoms with Gasteiger partial charge in [-0.1, -0.05) is 30.3 Å². The van der Waals surface area contributed by atoms with Gasteiger partial charge in [-0.15, -0.1) is 0 Å². The molecule has 0 bridgehead atoms. The second-order valence-corrected chi connectivity index (χ2v) is 9.00. The van der Waals surface area contributed by atoms with Crippen LogP contribution in [0.3, 0.4) is 0 Å². The first-order valence-electron chi connectivity index (χ1n) is 11.5. The van der Waals surface area contributed by atoms with Crippen molar-refractivity contribution in [2.45, 2.75) is 31.1 Å². The van der Waals surface area contributed by atoms with Crippen LogP contribution in [-0.2, 0) is 14.9 Å². The molecule has 2 aliphatic heterocycles. The maximum atomic E-state index is 12.7. The lowest BCUT2D eigenvalue weighted by Gasteiger charge is -2.38. The number of ketones is 1. The summed E-state index contributed by atoms with van der Waals surface area (Å²) in [5.74, 6) is 0.299. The molecule has 2 aliphatic rings. The van der Waals surface area contributed by atoms with Crippen LogP contribution in [0.15, 0.2) is 54.6 Å². The van der Waals surface area contributed by atoms with E-state index in [4.69, 9.17) is 4.74 Å². The van der Waals surface area contributed by atoms with Crippen molar-refractivity contribution >= 4 is 11.7 Å². The predicted molar refractivity (Wildman–Crippen MR) is 123 cm³/mol. The van der Waals surface area contributed by atoms with Crippen molar-refractivity contribution in [2.75, 3.05) is 39.4 Å². The smallest absolute Gasteiger partial charge is 0.234 e. The third kappa shape index (κ3) is 5.37. The minimum absolute atomic E-state index is 0.0255. The Morgan fingerprint density at radius 3 is 2.31 bits per heavy atom. The normalized spacial score (nSPS) is 19.4. The summed E-state index contributed by atoms with van der Waals surface area (Å²) in [5, 5.41) is 12.6. The van der Waals surface area contributed by atoms with Crippen molar-refractivity contribution in [3.63, 3.8) is 0 Å². The zero-order valence-electron chi connectivity index (χ0n) is 18.5. The number of hydrogen-bond donors (Lipinski definition) is 2. The van der Waals surface area contributed by atoms with Gasteiger partial charge in [-0.25, -0.2) is 0 Å². The van der Waals surface area contributed by atoms with Crippen LogP contribution in [0.2, 0.25) is 0 Å². The fraction of sp³-hybridized carbons (Fsp3) is 0.462. The molecular formula is C26H32N2O4. The number of aromatic hydroxyl groups is 1. The zero-order chi connectivity index (χ0) is 22.4. The highest BCUT2D eigenvalue weighted by Gasteiger charge is 2.35. The first kappa shape index (κ1) is 22.5. The Balaban J connectivity index is 1.27. The van der Waals surface area contributed by atoms with E-state index in [1.54, 1.807) is 24.3 Å². The number of likely N-dealkylation sites (tertiary alicyclic amines) is 1. The number of amides is 1. The van der Waals surface area contributed by atoms with Gasteiger partial charge < -0.3 is 15.2 Å². The summed E-state index contributed by atoms with van der Waals surface area (Å²) in [6.45, 7) is 3.89. The average Bonchev–Trinajstić information content (AvgIpc) is 2.84. The van der Waals surface area contributed by atoms with Crippen LogP contribution in [0.4, 0.5) is 0 Å². The van der Waals surface area contributed by atoms with Crippen LogP contribution in [-0.4, -0.2) is 61.1 Å². The number of benzene rings is 2. The third-order valence-electron chi connectivity index (χ3n) is 6.94. The van der Waals surface area contributed by atoms with E-state index in [0.29, 0.717) is 31.9 Å². The number of Topliss-reactive ketones (excluding diaryl/α,β-unsaturated/α-hetero) is 1. The van der Waals surface area contributed by atoms with Gasteiger partial charge in [0.2, 0.25) is 5.91 Å². The number of piperidine rings is 1. The van der Waals surface area contributed by atoms with Gasteiger partial charge in [0, 0.05) is 36.7 Å². The highest BCUT2D eigenvalue weighted by molar-refractivity contribution is 5.98. The Morgan fingerprint density at radius 1 is 1.00 bits per heavy atom. The summed E-state index contributed by atoms with van der Waals surface area (Å²) < 4.78 is 5.58. The van der Waals surface area contributed by atoms with Crippen LogP contribution in [0.5, 0.6) is 5.75 Å². The third-order valence-corrected chi connectivity index (χ3v) is 6.94. The van der Waals surface area contributed by atoms with Crippen molar-refractivity contribution in [1.82, 2.24) is 10.2 Å². The van der Waals surface area contributed by atoms with E-state index < -0.39 is 0 Å². The molecule has 2 aromatic rings. The molecule has 170 valence electrons. The van der Waals surface area contributed by atoms with Gasteiger partial charge >= 0.3 is 0 Å². The summed E-state index contributed by atoms with van der Waals surface area (Å²) in [5.41, 5.74) is 1.83. The monoisotopic (exact) mass is 436 g/mol. The molecule has 2 fully saturated rings. The molecule has 6 nitrogen and oxygen atoms in total. The number of hydrogen-bond acceptors (Lipinski definition) is 5. The van der Waals surface area contributed by atoms with Crippen LogP contribution >= 0.6 is 0 Å². The SMILES string of the molecule is O=C(CN1CCC(C(=O)c2ccc(O)cc2)CC1)NCC1(c2ccccc2)CCOCC1. The second-order valence-electron chi connectivity index (χ2n) is 9.00. The number of nitrogens with one attached hydrogen (secondary N) is 1. The lowest BCUT2D eigenvalue weighted by molar-refractivity contribution is -0.123. The summed E-state index contributed by atoms with van der Waals surface area (Å²) in [6.07, 6.45) is 3.31. The highest BCUT2D eigenvalue weighted by atomic mass is 16.5. The fourth-order valence-corrected chi connectivity index (χ4v) is 4.86. The minimum atomic E-state index is -0.0707. The second kappa shape index (κ2) is 10.3. The lowest BCUT2D eigenvalue weighted by Crippen LogP contribution is -2.48. The van der Waals surface area contributed by atoms with Gasteiger partial charge in [0.1, 0.15) is 5.75 Å². The molecule has 4 rings (SSSR count). The Morgan fingerprint density at radius 2 is 1.66 bits per heavy atom. The van der Waals surface area contributed by atoms with Crippen molar-refractivity contribution in [1.29, 1.82) is 0 Å². The number of nitrogens with zero attached hydrogens (tertiary/aromatic N) is 1. The average molecular weight is 437 g/mol. The van der Waals surface area contributed by atoms with E-state index in [-0.39, 0.29) is 28.8 Å². The van der Waals surface area contributed by atoms with E-state index in [1.807, 2.05) is 6.07 Å². The molecular weight excluding hydrogens is 404 g/mol. The number of carbonyl (C=O) groups is 2. The molecule has 0 atom stereocenters. The number of carbonyl (C=O) groups excluding carboxylic acids is 2. The Hall–Kier alpha value is -2.70. The standard InChI is InChI=1S/C26H32N2O4/c29-23-8-6-20(7-9-23)25(31)21-10-14-28(15-11-21)18-24(30)27-19-26(12-16-32-17-13-26)22-4-2-1-3-5-22/h1-9,21,29H,10-19H2,(H,27,30). The molecule has 0 spiro atoms. The van der Waals surface area contributed by atoms with Crippen LogP contribution in [0.25, 0.3) is 0 Å². The predicted octanol–water partition coefficient (Wildman–Crippen LogP) is 3.15. The molecule has 2 saturated heterocycles. The molecule has 0 saturated carbocycles. The first-order valence-corrected chi connectivity index (χ1v) is 11.5. The molecule has 2 aromatic carbocycles. The molecule has 0 aromatic heterocycles. The van der Waals surface area contributed by atoms with Crippen LogP contribution < -0.4 is 5.32 Å². The molecule has 0 radical (unpaired) electrons. The molecule has 0 aliphatic carbocycles. The van der Waals surface area contributed by atoms with Crippen LogP contribution in [0.1, 0.15) is 41.6 Å². The van der Waals surface area contributed by atoms with Crippen molar-refractivity contribution < 1.29 is 19.4 Å². The zero-order valence-corrected chi connectivity index (χ0v) is 18.5. The summed E-state index contributed by atoms with van der Waals surface area (Å²) in [6, 6.07) is 16.9. The molecule has 2 N–H and O–H groups in total. The minimum Gasteiger partial charge on any atom is -0.508 e. The van der Waals surface area contributed by atoms with Crippen molar-refractivity contribution in [3.8, 4) is 5.75 Å². The number of phenolic OH excluding ortho intramolecular Hbond substituents is 1. The summed E-state index contributed by atoms with van der Waals surface area (Å²) >= 11 is 0. The van der Waals surface area contributed by atoms with Gasteiger partial charge in [0.15, 0.2) is 5.78 Å². The van der Waals surface area contributed by atoms with E-state index >= 15 is 0 Å². The van der Waals surface area contributed by atoms with E-state index in [1.165, 1.54) is 5.56 Å². The maximum absolute atomic E-state index is 12.7. The summed E-state index contributed by atoms with van der Waals surface area (Å²) in [4.78, 5) is 27.6. The Kier molecular flexibility index (Phi) is 7.22. The Labute approximate surface area is 189 Å². The van der Waals surface area contributed by atoms with Gasteiger partial charge in [-0.05, 0) is 68.6 Å². The number of ether oxygens (including phenoxy) is 1. The molecule has 0 unspecified atom stereocenters. The molecule has 2 heterocycles. The van der Waals surface area contributed by atoms with Gasteiger partial charge in [-0.3, -0.25) is 14.5 Å². The van der Waals surface area contributed by atoms with E-state index in [2.05, 4.69) is 34.5 Å². The topological polar surface area (TPSA) is 78.9 Å². The van der Waals surface area contributed by atoms with E-state index in [0.717, 1.165) is 38.8 Å². The summed E-state index contributed by atoms with van der Waals surface area (Å²) in [7, 11) is 0. The largest absolute Gasteiger partial charge is 0.508 e. The quantitative estimate of drug-likeness (QED) is 0.652. The number of rotatable bonds is 7. The van der Waals surface area contributed by atoms with Crippen molar-refractivity contribution in [2.24, 2.45) is 5.92 Å². The van der Waals surface area contributed by atoms with Gasteiger partial charge in [0.05, 0.1) is 6.54 Å². The van der Waals surface area contributed by atoms with Gasteiger partial charge in [-0.2, -0.15) is 0 Å². The Bertz CT molecular complexity index is 899. The van der Waals surface area contributed by atoms with E-state index in [9.17, 15) is 14.7 Å². The first-order chi connectivity index (χ1) is 15.6. The molecule has 32 heavy (non-hydrogen) atoms.